The molecule has 4 heteroatoms. The first-order valence-corrected chi connectivity index (χ1v) is 6.98. The lowest BCUT2D eigenvalue weighted by Crippen LogP contribution is -2.13. The maximum absolute atomic E-state index is 8.70. The van der Waals surface area contributed by atoms with E-state index in [9.17, 15) is 0 Å². The van der Waals surface area contributed by atoms with Crippen LogP contribution in [0.5, 0.6) is 11.5 Å². The fraction of sp³-hybridized carbons (Fsp3) is 0.294. The van der Waals surface area contributed by atoms with E-state index in [1.807, 2.05) is 42.5 Å². The quantitative estimate of drug-likeness (QED) is 0.782. The van der Waals surface area contributed by atoms with Crippen molar-refractivity contribution in [3.05, 3.63) is 59.7 Å². The summed E-state index contributed by atoms with van der Waals surface area (Å²) >= 11 is 0. The molecule has 4 nitrogen and oxygen atoms in total. The Morgan fingerprint density at radius 2 is 1.76 bits per heavy atom. The Kier molecular flexibility index (Phi) is 6.06. The normalized spacial score (nSPS) is 10.4. The van der Waals surface area contributed by atoms with Gasteiger partial charge in [-0.05, 0) is 23.8 Å². The Labute approximate surface area is 125 Å². The number of methoxy groups -OCH3 is 1. The molecule has 21 heavy (non-hydrogen) atoms. The molecule has 0 atom stereocenters. The van der Waals surface area contributed by atoms with Crippen LogP contribution in [0.1, 0.15) is 11.1 Å². The van der Waals surface area contributed by atoms with Gasteiger partial charge in [-0.15, -0.1) is 0 Å². The Balaban J connectivity index is 1.83. The van der Waals surface area contributed by atoms with Crippen molar-refractivity contribution in [3.8, 4) is 11.5 Å². The van der Waals surface area contributed by atoms with Gasteiger partial charge in [0.05, 0.1) is 13.7 Å². The Bertz CT molecular complexity index is 540. The molecule has 0 spiro atoms. The van der Waals surface area contributed by atoms with E-state index in [1.165, 1.54) is 5.56 Å². The van der Waals surface area contributed by atoms with Crippen LogP contribution in [0.3, 0.4) is 0 Å². The monoisotopic (exact) mass is 287 g/mol. The predicted octanol–water partition coefficient (Wildman–Crippen LogP) is 2.36. The second-order valence-electron chi connectivity index (χ2n) is 4.63. The number of benzene rings is 2. The molecule has 0 bridgehead atoms. The molecule has 2 aromatic carbocycles. The number of aliphatic hydroxyl groups excluding tert-OH is 1. The molecule has 2 rings (SSSR count). The summed E-state index contributed by atoms with van der Waals surface area (Å²) in [6.07, 6.45) is 0. The molecule has 2 N–H and O–H groups in total. The first-order valence-electron chi connectivity index (χ1n) is 6.98. The number of nitrogens with one attached hydrogen (secondary N) is 1. The lowest BCUT2D eigenvalue weighted by atomic mass is 10.2. The average molecular weight is 287 g/mol. The number of ether oxygens (including phenoxy) is 2. The predicted molar refractivity (Wildman–Crippen MR) is 82.6 cm³/mol. The summed E-state index contributed by atoms with van der Waals surface area (Å²) in [5.74, 6) is 1.68. The van der Waals surface area contributed by atoms with Crippen molar-refractivity contribution in [1.82, 2.24) is 5.32 Å². The Hall–Kier alpha value is -2.04. The van der Waals surface area contributed by atoms with Crippen LogP contribution in [0.2, 0.25) is 0 Å². The van der Waals surface area contributed by atoms with Crippen LogP contribution in [0.25, 0.3) is 0 Å². The molecular weight excluding hydrogens is 266 g/mol. The van der Waals surface area contributed by atoms with Crippen LogP contribution in [-0.4, -0.2) is 25.4 Å². The van der Waals surface area contributed by atoms with E-state index in [0.717, 1.165) is 30.2 Å². The van der Waals surface area contributed by atoms with Crippen LogP contribution >= 0.6 is 0 Å². The highest BCUT2D eigenvalue weighted by Crippen LogP contribution is 2.17. The number of rotatable bonds is 8. The molecule has 0 radical (unpaired) electrons. The summed E-state index contributed by atoms with van der Waals surface area (Å²) < 4.78 is 10.7. The smallest absolute Gasteiger partial charge is 0.123 e. The first kappa shape index (κ1) is 15.4. The maximum atomic E-state index is 8.70. The third-order valence-corrected chi connectivity index (χ3v) is 3.12. The SMILES string of the molecule is COc1ccccc1CNCc1ccc(OCCO)cc1. The molecule has 0 saturated heterocycles. The van der Waals surface area contributed by atoms with Crippen LogP contribution in [-0.2, 0) is 13.1 Å². The van der Waals surface area contributed by atoms with Crippen LogP contribution in [0.4, 0.5) is 0 Å². The van der Waals surface area contributed by atoms with Crippen molar-refractivity contribution < 1.29 is 14.6 Å². The molecule has 0 fully saturated rings. The molecule has 0 unspecified atom stereocenters. The van der Waals surface area contributed by atoms with Gasteiger partial charge in [-0.25, -0.2) is 0 Å². The van der Waals surface area contributed by atoms with Gasteiger partial charge in [-0.2, -0.15) is 0 Å². The summed E-state index contributed by atoms with van der Waals surface area (Å²) in [6.45, 7) is 1.89. The minimum Gasteiger partial charge on any atom is -0.496 e. The zero-order valence-electron chi connectivity index (χ0n) is 12.2. The van der Waals surface area contributed by atoms with Gasteiger partial charge >= 0.3 is 0 Å². The van der Waals surface area contributed by atoms with Crippen molar-refractivity contribution in [1.29, 1.82) is 0 Å². The molecule has 2 aromatic rings. The molecule has 0 aliphatic heterocycles. The van der Waals surface area contributed by atoms with Crippen molar-refractivity contribution >= 4 is 0 Å². The molecule has 0 aliphatic carbocycles. The molecular formula is C17H21NO3. The number of aliphatic hydroxyl groups is 1. The average Bonchev–Trinajstić information content (AvgIpc) is 2.54. The molecule has 0 heterocycles. The maximum Gasteiger partial charge on any atom is 0.123 e. The lowest BCUT2D eigenvalue weighted by Gasteiger charge is -2.10. The van der Waals surface area contributed by atoms with Crippen molar-refractivity contribution in [2.24, 2.45) is 0 Å². The second-order valence-corrected chi connectivity index (χ2v) is 4.63. The second kappa shape index (κ2) is 8.29. The van der Waals surface area contributed by atoms with Gasteiger partial charge in [0.15, 0.2) is 0 Å². The van der Waals surface area contributed by atoms with E-state index in [1.54, 1.807) is 7.11 Å². The molecule has 0 aromatic heterocycles. The standard InChI is InChI=1S/C17H21NO3/c1-20-17-5-3-2-4-15(17)13-18-12-14-6-8-16(9-7-14)21-11-10-19/h2-9,18-19H,10-13H2,1H3. The van der Waals surface area contributed by atoms with E-state index in [-0.39, 0.29) is 6.61 Å². The van der Waals surface area contributed by atoms with E-state index >= 15 is 0 Å². The number of hydrogen-bond donors (Lipinski definition) is 2. The third kappa shape index (κ3) is 4.77. The van der Waals surface area contributed by atoms with Crippen molar-refractivity contribution in [2.45, 2.75) is 13.1 Å². The fourth-order valence-electron chi connectivity index (χ4n) is 2.06. The van der Waals surface area contributed by atoms with E-state index in [0.29, 0.717) is 6.61 Å². The zero-order chi connectivity index (χ0) is 14.9. The summed E-state index contributed by atoms with van der Waals surface area (Å²) in [5, 5.41) is 12.1. The lowest BCUT2D eigenvalue weighted by molar-refractivity contribution is 0.201. The topological polar surface area (TPSA) is 50.7 Å². The summed E-state index contributed by atoms with van der Waals surface area (Å²) in [6, 6.07) is 15.8. The van der Waals surface area contributed by atoms with Crippen LogP contribution in [0, 0.1) is 0 Å². The van der Waals surface area contributed by atoms with Gasteiger partial charge in [0.2, 0.25) is 0 Å². The molecule has 112 valence electrons. The van der Waals surface area contributed by atoms with Gasteiger partial charge in [0, 0.05) is 18.7 Å². The van der Waals surface area contributed by atoms with E-state index < -0.39 is 0 Å². The van der Waals surface area contributed by atoms with Crippen LogP contribution < -0.4 is 14.8 Å². The molecule has 0 aliphatic rings. The minimum absolute atomic E-state index is 0.0300. The highest BCUT2D eigenvalue weighted by Gasteiger charge is 2.01. The minimum atomic E-state index is 0.0300. The highest BCUT2D eigenvalue weighted by molar-refractivity contribution is 5.33. The summed E-state index contributed by atoms with van der Waals surface area (Å²) in [5.41, 5.74) is 2.32. The van der Waals surface area contributed by atoms with Gasteiger partial charge in [-0.1, -0.05) is 30.3 Å². The summed E-state index contributed by atoms with van der Waals surface area (Å²) in [7, 11) is 1.68. The Morgan fingerprint density at radius 1 is 1.00 bits per heavy atom. The third-order valence-electron chi connectivity index (χ3n) is 3.12. The van der Waals surface area contributed by atoms with Gasteiger partial charge in [-0.3, -0.25) is 0 Å². The van der Waals surface area contributed by atoms with Crippen LogP contribution in [0.15, 0.2) is 48.5 Å². The summed E-state index contributed by atoms with van der Waals surface area (Å²) in [4.78, 5) is 0. The van der Waals surface area contributed by atoms with Crippen molar-refractivity contribution in [3.63, 3.8) is 0 Å². The van der Waals surface area contributed by atoms with Gasteiger partial charge < -0.3 is 19.9 Å². The fourth-order valence-corrected chi connectivity index (χ4v) is 2.06. The largest absolute Gasteiger partial charge is 0.496 e. The first-order chi connectivity index (χ1) is 10.3. The number of hydrogen-bond acceptors (Lipinski definition) is 4. The van der Waals surface area contributed by atoms with Gasteiger partial charge in [0.1, 0.15) is 18.1 Å². The van der Waals surface area contributed by atoms with Crippen molar-refractivity contribution in [2.75, 3.05) is 20.3 Å². The zero-order valence-corrected chi connectivity index (χ0v) is 12.2. The van der Waals surface area contributed by atoms with Gasteiger partial charge in [0.25, 0.3) is 0 Å². The van der Waals surface area contributed by atoms with E-state index in [2.05, 4.69) is 11.4 Å². The number of para-hydroxylation sites is 1. The highest BCUT2D eigenvalue weighted by atomic mass is 16.5. The Morgan fingerprint density at radius 3 is 2.48 bits per heavy atom. The van der Waals surface area contributed by atoms with E-state index in [4.69, 9.17) is 14.6 Å². The molecule has 0 amide bonds. The molecule has 0 saturated carbocycles.